The Morgan fingerprint density at radius 1 is 0.660 bits per heavy atom. The maximum atomic E-state index is 7.13. The van der Waals surface area contributed by atoms with Crippen molar-refractivity contribution in [3.05, 3.63) is 192 Å². The molecule has 1 N–H and O–H groups in total. The van der Waals surface area contributed by atoms with E-state index in [9.17, 15) is 0 Å². The molecule has 1 aliphatic carbocycles. The van der Waals surface area contributed by atoms with Gasteiger partial charge >= 0.3 is 0 Å². The van der Waals surface area contributed by atoms with Crippen LogP contribution in [0.4, 0.5) is 0 Å². The molecule has 0 saturated carbocycles. The molecule has 0 bridgehead atoms. The number of hydrogen-bond acceptors (Lipinski definition) is 5. The number of pyridine rings is 1. The molecular weight excluding hydrogens is 615 g/mol. The number of rotatable bonds is 5. The monoisotopic (exact) mass is 645 g/mol. The van der Waals surface area contributed by atoms with Crippen LogP contribution in [0.1, 0.15) is 51.7 Å². The quantitative estimate of drug-likeness (QED) is 0.203. The van der Waals surface area contributed by atoms with E-state index >= 15 is 0 Å². The number of aliphatic imine (C=N–C) groups is 2. The Labute approximate surface area is 289 Å². The van der Waals surface area contributed by atoms with Gasteiger partial charge in [0.2, 0.25) is 0 Å². The molecule has 10 rings (SSSR count). The van der Waals surface area contributed by atoms with Gasteiger partial charge in [-0.15, -0.1) is 0 Å². The summed E-state index contributed by atoms with van der Waals surface area (Å²) in [5.41, 5.74) is 10.8. The normalized spacial score (nSPS) is 17.6. The number of para-hydroxylation sites is 2. The van der Waals surface area contributed by atoms with E-state index in [0.29, 0.717) is 0 Å². The summed E-state index contributed by atoms with van der Waals surface area (Å²) in [7, 11) is 0. The van der Waals surface area contributed by atoms with E-state index in [0.717, 1.165) is 62.2 Å². The molecule has 7 aromatic rings. The van der Waals surface area contributed by atoms with Crippen LogP contribution in [0.5, 0.6) is 5.75 Å². The topological polar surface area (TPSA) is 63.8 Å². The Bertz CT molecular complexity index is 2430. The fourth-order valence-electron chi connectivity index (χ4n) is 7.63. The fourth-order valence-corrected chi connectivity index (χ4v) is 7.63. The Hall–Kier alpha value is -6.53. The first kappa shape index (κ1) is 28.5. The number of benzene rings is 5. The zero-order valence-corrected chi connectivity index (χ0v) is 27.0. The van der Waals surface area contributed by atoms with Crippen LogP contribution < -0.4 is 10.1 Å². The molecule has 2 unspecified atom stereocenters. The van der Waals surface area contributed by atoms with Gasteiger partial charge in [0, 0.05) is 62.8 Å². The molecule has 0 radical (unpaired) electrons. The standard InChI is InChI=1S/C44H31N5O/c1-4-13-28(14-5-1)42-46-43(29-15-6-2-7-16-29)48-44(47-42)31-25-35(30-17-12-24-45-27-30)40-36(26-31)33-22-23-38-39(41(33)50-40)34-20-10-11-21-37(34)49(38)32-18-8-3-9-19-32/h1-27,33,41,44H,(H,46,47,48). The van der Waals surface area contributed by atoms with Crippen molar-refractivity contribution in [2.75, 3.05) is 0 Å². The molecular formula is C44H31N5O. The number of hydrogen-bond donors (Lipinski definition) is 1. The highest BCUT2D eigenvalue weighted by Crippen LogP contribution is 2.56. The van der Waals surface area contributed by atoms with Crippen molar-refractivity contribution in [1.82, 2.24) is 14.9 Å². The van der Waals surface area contributed by atoms with E-state index in [1.165, 1.54) is 16.5 Å². The Morgan fingerprint density at radius 2 is 1.32 bits per heavy atom. The summed E-state index contributed by atoms with van der Waals surface area (Å²) in [4.78, 5) is 14.9. The molecule has 2 atom stereocenters. The molecule has 0 fully saturated rings. The third-order valence-electron chi connectivity index (χ3n) is 9.89. The van der Waals surface area contributed by atoms with E-state index in [2.05, 4.69) is 124 Å². The van der Waals surface area contributed by atoms with Gasteiger partial charge < -0.3 is 14.6 Å². The van der Waals surface area contributed by atoms with Crippen molar-refractivity contribution in [2.24, 2.45) is 9.98 Å². The van der Waals surface area contributed by atoms with Crippen LogP contribution in [-0.2, 0) is 0 Å². The van der Waals surface area contributed by atoms with Crippen LogP contribution in [0, 0.1) is 0 Å². The van der Waals surface area contributed by atoms with Crippen molar-refractivity contribution >= 4 is 28.7 Å². The maximum absolute atomic E-state index is 7.13. The number of fused-ring (bicyclic) bond motifs is 7. The molecule has 3 aliphatic rings. The van der Waals surface area contributed by atoms with Crippen molar-refractivity contribution in [2.45, 2.75) is 18.2 Å². The summed E-state index contributed by atoms with van der Waals surface area (Å²) < 4.78 is 9.48. The Balaban J connectivity index is 1.16. The number of aromatic nitrogens is 2. The molecule has 2 aromatic heterocycles. The fraction of sp³-hybridized carbons (Fsp3) is 0.0682. The van der Waals surface area contributed by atoms with Crippen LogP contribution in [0.15, 0.2) is 168 Å². The maximum Gasteiger partial charge on any atom is 0.169 e. The van der Waals surface area contributed by atoms with Crippen molar-refractivity contribution < 1.29 is 4.74 Å². The summed E-state index contributed by atoms with van der Waals surface area (Å²) in [6, 6.07) is 48.3. The Morgan fingerprint density at radius 3 is 2.02 bits per heavy atom. The van der Waals surface area contributed by atoms with Gasteiger partial charge in [-0.3, -0.25) is 4.98 Å². The molecule has 50 heavy (non-hydrogen) atoms. The van der Waals surface area contributed by atoms with Gasteiger partial charge in [0.15, 0.2) is 6.17 Å². The molecule has 0 saturated heterocycles. The lowest BCUT2D eigenvalue weighted by atomic mass is 9.84. The molecule has 6 nitrogen and oxygen atoms in total. The lowest BCUT2D eigenvalue weighted by Crippen LogP contribution is -2.36. The lowest BCUT2D eigenvalue weighted by molar-refractivity contribution is 0.225. The van der Waals surface area contributed by atoms with E-state index in [1.54, 1.807) is 6.20 Å². The SMILES string of the molecule is C1=CC2c3cc(C4N=C(c5ccccc5)NC(c5ccccc5)=N4)cc(-c4cccnc4)c3OC2c2c1n(-c1ccccc1)c1ccccc21. The molecule has 6 heteroatoms. The van der Waals surface area contributed by atoms with E-state index in [-0.39, 0.29) is 12.0 Å². The molecule has 5 aromatic carbocycles. The number of nitrogens with zero attached hydrogens (tertiary/aromatic N) is 4. The highest BCUT2D eigenvalue weighted by molar-refractivity contribution is 6.15. The highest BCUT2D eigenvalue weighted by atomic mass is 16.5. The minimum Gasteiger partial charge on any atom is -0.484 e. The summed E-state index contributed by atoms with van der Waals surface area (Å²) in [6.07, 6.45) is 7.65. The summed E-state index contributed by atoms with van der Waals surface area (Å²) in [5, 5.41) is 4.73. The van der Waals surface area contributed by atoms with Crippen molar-refractivity contribution in [1.29, 1.82) is 0 Å². The average molecular weight is 646 g/mol. The van der Waals surface area contributed by atoms with Crippen LogP contribution >= 0.6 is 0 Å². The van der Waals surface area contributed by atoms with Gasteiger partial charge in [0.25, 0.3) is 0 Å². The number of amidine groups is 2. The minimum atomic E-state index is -0.468. The van der Waals surface area contributed by atoms with E-state index < -0.39 is 6.17 Å². The zero-order chi connectivity index (χ0) is 33.0. The average Bonchev–Trinajstić information content (AvgIpc) is 3.74. The molecule has 2 aliphatic heterocycles. The van der Waals surface area contributed by atoms with Gasteiger partial charge in [-0.1, -0.05) is 109 Å². The molecule has 4 heterocycles. The first-order chi connectivity index (χ1) is 24.8. The zero-order valence-electron chi connectivity index (χ0n) is 27.0. The first-order valence-electron chi connectivity index (χ1n) is 17.0. The summed E-state index contributed by atoms with van der Waals surface area (Å²) in [5.74, 6) is 2.48. The smallest absolute Gasteiger partial charge is 0.169 e. The Kier molecular flexibility index (Phi) is 6.59. The molecule has 0 spiro atoms. The van der Waals surface area contributed by atoms with Gasteiger partial charge in [0.1, 0.15) is 23.5 Å². The second-order valence-corrected chi connectivity index (χ2v) is 12.8. The van der Waals surface area contributed by atoms with Crippen molar-refractivity contribution in [3.8, 4) is 22.6 Å². The number of nitrogens with one attached hydrogen (secondary N) is 1. The largest absolute Gasteiger partial charge is 0.484 e. The highest BCUT2D eigenvalue weighted by Gasteiger charge is 2.42. The van der Waals surface area contributed by atoms with Gasteiger partial charge in [-0.05, 0) is 48.0 Å². The third kappa shape index (κ3) is 4.60. The first-order valence-corrected chi connectivity index (χ1v) is 17.0. The van der Waals surface area contributed by atoms with Crippen LogP contribution in [0.2, 0.25) is 0 Å². The predicted octanol–water partition coefficient (Wildman–Crippen LogP) is 9.43. The lowest BCUT2D eigenvalue weighted by Gasteiger charge is -2.23. The third-order valence-corrected chi connectivity index (χ3v) is 9.89. The van der Waals surface area contributed by atoms with Crippen LogP contribution in [0.3, 0.4) is 0 Å². The van der Waals surface area contributed by atoms with Gasteiger partial charge in [-0.25, -0.2) is 9.98 Å². The van der Waals surface area contributed by atoms with Gasteiger partial charge in [0.05, 0.1) is 11.2 Å². The minimum absolute atomic E-state index is 0.0137. The molecule has 0 amide bonds. The number of ether oxygens (including phenoxy) is 1. The van der Waals surface area contributed by atoms with E-state index in [4.69, 9.17) is 14.7 Å². The van der Waals surface area contributed by atoms with Crippen LogP contribution in [-0.4, -0.2) is 21.2 Å². The van der Waals surface area contributed by atoms with Gasteiger partial charge in [-0.2, -0.15) is 0 Å². The summed E-state index contributed by atoms with van der Waals surface area (Å²) in [6.45, 7) is 0. The van der Waals surface area contributed by atoms with E-state index in [1.807, 2.05) is 48.7 Å². The van der Waals surface area contributed by atoms with Crippen molar-refractivity contribution in [3.63, 3.8) is 0 Å². The summed E-state index contributed by atoms with van der Waals surface area (Å²) >= 11 is 0. The second kappa shape index (κ2) is 11.6. The molecule has 238 valence electrons. The predicted molar refractivity (Wildman–Crippen MR) is 200 cm³/mol. The second-order valence-electron chi connectivity index (χ2n) is 12.8. The van der Waals surface area contributed by atoms with Crippen LogP contribution in [0.25, 0.3) is 33.8 Å².